The highest BCUT2D eigenvalue weighted by molar-refractivity contribution is 5.76. The number of aromatic nitrogens is 4. The van der Waals surface area contributed by atoms with Crippen molar-refractivity contribution in [3.8, 4) is 11.5 Å². The second-order valence-electron chi connectivity index (χ2n) is 3.73. The molecule has 0 aliphatic rings. The van der Waals surface area contributed by atoms with Crippen LogP contribution in [0, 0.1) is 0 Å². The quantitative estimate of drug-likeness (QED) is 0.659. The lowest BCUT2D eigenvalue weighted by atomic mass is 10.2. The van der Waals surface area contributed by atoms with E-state index in [1.54, 1.807) is 36.7 Å². The number of aromatic amines is 1. The molecule has 0 fully saturated rings. The van der Waals surface area contributed by atoms with Crippen LogP contribution in [0.25, 0.3) is 22.6 Å². The number of pyridine rings is 2. The number of hydrogen-bond donors (Lipinski definition) is 2. The summed E-state index contributed by atoms with van der Waals surface area (Å²) in [6.07, 6.45) is 3.15. The summed E-state index contributed by atoms with van der Waals surface area (Å²) in [7, 11) is 0. The first-order valence-electron chi connectivity index (χ1n) is 5.31. The van der Waals surface area contributed by atoms with Gasteiger partial charge < -0.3 is 10.7 Å². The van der Waals surface area contributed by atoms with Crippen LogP contribution in [-0.2, 0) is 0 Å². The van der Waals surface area contributed by atoms with E-state index in [9.17, 15) is 4.79 Å². The van der Waals surface area contributed by atoms with Crippen molar-refractivity contribution < 1.29 is 0 Å². The molecule has 0 aromatic carbocycles. The first kappa shape index (κ1) is 10.4. The van der Waals surface area contributed by atoms with Crippen LogP contribution in [0.4, 0.5) is 5.69 Å². The molecule has 0 amide bonds. The molecule has 88 valence electrons. The highest BCUT2D eigenvalue weighted by Crippen LogP contribution is 2.18. The van der Waals surface area contributed by atoms with Gasteiger partial charge in [0.15, 0.2) is 11.3 Å². The zero-order valence-corrected chi connectivity index (χ0v) is 9.29. The Morgan fingerprint density at radius 1 is 1.11 bits per heavy atom. The van der Waals surface area contributed by atoms with Crippen molar-refractivity contribution in [2.24, 2.45) is 0 Å². The average Bonchev–Trinajstić information content (AvgIpc) is 2.39. The number of H-pyrrole nitrogens is 1. The third kappa shape index (κ3) is 1.60. The summed E-state index contributed by atoms with van der Waals surface area (Å²) in [5.74, 6) is 0.346. The van der Waals surface area contributed by atoms with Crippen molar-refractivity contribution in [2.75, 3.05) is 5.73 Å². The molecule has 6 heteroatoms. The number of nitrogen functional groups attached to an aromatic ring is 1. The van der Waals surface area contributed by atoms with Crippen molar-refractivity contribution in [3.63, 3.8) is 0 Å². The van der Waals surface area contributed by atoms with Crippen LogP contribution in [0.5, 0.6) is 0 Å². The molecule has 3 heterocycles. The summed E-state index contributed by atoms with van der Waals surface area (Å²) < 4.78 is 0. The molecule has 0 spiro atoms. The van der Waals surface area contributed by atoms with Crippen LogP contribution in [0.2, 0.25) is 0 Å². The number of nitrogens with two attached hydrogens (primary N) is 1. The maximum absolute atomic E-state index is 11.9. The Kier molecular flexibility index (Phi) is 2.26. The number of fused-ring (bicyclic) bond motifs is 1. The molecule has 0 aliphatic carbocycles. The minimum Gasteiger partial charge on any atom is -0.397 e. The van der Waals surface area contributed by atoms with E-state index in [1.165, 1.54) is 0 Å². The lowest BCUT2D eigenvalue weighted by molar-refractivity contribution is 1.13. The third-order valence-electron chi connectivity index (χ3n) is 2.53. The van der Waals surface area contributed by atoms with Gasteiger partial charge in [0.2, 0.25) is 0 Å². The molecule has 18 heavy (non-hydrogen) atoms. The zero-order chi connectivity index (χ0) is 12.5. The van der Waals surface area contributed by atoms with Gasteiger partial charge in [-0.1, -0.05) is 0 Å². The number of anilines is 1. The molecule has 3 N–H and O–H groups in total. The Labute approximate surface area is 102 Å². The number of nitrogens with one attached hydrogen (secondary N) is 1. The third-order valence-corrected chi connectivity index (χ3v) is 2.53. The van der Waals surface area contributed by atoms with E-state index in [0.29, 0.717) is 28.2 Å². The van der Waals surface area contributed by atoms with Crippen molar-refractivity contribution in [1.29, 1.82) is 0 Å². The minimum atomic E-state index is -0.305. The molecular formula is C12H9N5O. The molecule has 6 nitrogen and oxygen atoms in total. The fourth-order valence-corrected chi connectivity index (χ4v) is 1.70. The molecule has 3 aromatic heterocycles. The van der Waals surface area contributed by atoms with Gasteiger partial charge in [0, 0.05) is 12.4 Å². The fraction of sp³-hybridized carbons (Fsp3) is 0. The summed E-state index contributed by atoms with van der Waals surface area (Å²) in [5.41, 5.74) is 7.24. The lowest BCUT2D eigenvalue weighted by Crippen LogP contribution is -2.11. The van der Waals surface area contributed by atoms with Crippen LogP contribution in [-0.4, -0.2) is 19.9 Å². The van der Waals surface area contributed by atoms with E-state index >= 15 is 0 Å². The second kappa shape index (κ2) is 3.92. The number of rotatable bonds is 1. The summed E-state index contributed by atoms with van der Waals surface area (Å²) in [6.45, 7) is 0. The molecule has 0 aliphatic heterocycles. The van der Waals surface area contributed by atoms with E-state index in [4.69, 9.17) is 5.73 Å². The maximum atomic E-state index is 11.9. The van der Waals surface area contributed by atoms with Crippen molar-refractivity contribution in [3.05, 3.63) is 47.0 Å². The SMILES string of the molecule is Nc1cccnc1-c1nc2cccnc2c(=O)[nH]1. The largest absolute Gasteiger partial charge is 0.397 e. The standard InChI is InChI=1S/C12H9N5O/c13-7-3-1-5-14-9(7)11-16-8-4-2-6-15-10(8)12(18)17-11/h1-6H,13H2,(H,16,17,18). The van der Waals surface area contributed by atoms with Crippen LogP contribution >= 0.6 is 0 Å². The molecule has 3 rings (SSSR count). The number of hydrogen-bond acceptors (Lipinski definition) is 5. The van der Waals surface area contributed by atoms with Gasteiger partial charge >= 0.3 is 0 Å². The molecule has 0 atom stereocenters. The van der Waals surface area contributed by atoms with Gasteiger partial charge in [-0.25, -0.2) is 9.97 Å². The molecule has 0 saturated heterocycles. The first-order valence-corrected chi connectivity index (χ1v) is 5.31. The van der Waals surface area contributed by atoms with Gasteiger partial charge in [-0.15, -0.1) is 0 Å². The normalized spacial score (nSPS) is 10.7. The predicted octanol–water partition coefficient (Wildman–Crippen LogP) is 0.962. The van der Waals surface area contributed by atoms with Gasteiger partial charge in [-0.05, 0) is 24.3 Å². The molecule has 0 radical (unpaired) electrons. The predicted molar refractivity (Wildman–Crippen MR) is 67.8 cm³/mol. The van der Waals surface area contributed by atoms with Gasteiger partial charge in [-0.3, -0.25) is 9.78 Å². The zero-order valence-electron chi connectivity index (χ0n) is 9.29. The Morgan fingerprint density at radius 2 is 1.89 bits per heavy atom. The van der Waals surface area contributed by atoms with E-state index in [0.717, 1.165) is 0 Å². The molecule has 3 aromatic rings. The van der Waals surface area contributed by atoms with Crippen LogP contribution < -0.4 is 11.3 Å². The summed E-state index contributed by atoms with van der Waals surface area (Å²) >= 11 is 0. The average molecular weight is 239 g/mol. The van der Waals surface area contributed by atoms with E-state index in [1.807, 2.05) is 0 Å². The van der Waals surface area contributed by atoms with Gasteiger partial charge in [0.25, 0.3) is 5.56 Å². The second-order valence-corrected chi connectivity index (χ2v) is 3.73. The highest BCUT2D eigenvalue weighted by atomic mass is 16.1. The van der Waals surface area contributed by atoms with Crippen LogP contribution in [0.15, 0.2) is 41.5 Å². The summed E-state index contributed by atoms with van der Waals surface area (Å²) in [4.78, 5) is 26.9. The topological polar surface area (TPSA) is 97.5 Å². The van der Waals surface area contributed by atoms with Gasteiger partial charge in [-0.2, -0.15) is 0 Å². The lowest BCUT2D eigenvalue weighted by Gasteiger charge is -2.04. The summed E-state index contributed by atoms with van der Waals surface area (Å²) in [6, 6.07) is 6.87. The van der Waals surface area contributed by atoms with E-state index in [-0.39, 0.29) is 5.56 Å². The van der Waals surface area contributed by atoms with Crippen LogP contribution in [0.3, 0.4) is 0 Å². The van der Waals surface area contributed by atoms with E-state index < -0.39 is 0 Å². The highest BCUT2D eigenvalue weighted by Gasteiger charge is 2.09. The molecular weight excluding hydrogens is 230 g/mol. The monoisotopic (exact) mass is 239 g/mol. The minimum absolute atomic E-state index is 0.302. The Balaban J connectivity index is 2.32. The smallest absolute Gasteiger partial charge is 0.277 e. The maximum Gasteiger partial charge on any atom is 0.277 e. The van der Waals surface area contributed by atoms with Gasteiger partial charge in [0.05, 0.1) is 11.2 Å². The molecule has 0 saturated carbocycles. The first-order chi connectivity index (χ1) is 8.75. The van der Waals surface area contributed by atoms with Crippen molar-refractivity contribution in [2.45, 2.75) is 0 Å². The molecule has 0 unspecified atom stereocenters. The summed E-state index contributed by atoms with van der Waals surface area (Å²) in [5, 5.41) is 0. The van der Waals surface area contributed by atoms with Crippen LogP contribution in [0.1, 0.15) is 0 Å². The Morgan fingerprint density at radius 3 is 2.72 bits per heavy atom. The van der Waals surface area contributed by atoms with E-state index in [2.05, 4.69) is 19.9 Å². The van der Waals surface area contributed by atoms with Gasteiger partial charge in [0.1, 0.15) is 5.69 Å². The van der Waals surface area contributed by atoms with Crippen molar-refractivity contribution >= 4 is 16.7 Å². The Hall–Kier alpha value is -2.76. The fourth-order valence-electron chi connectivity index (χ4n) is 1.70. The molecule has 0 bridgehead atoms. The Bertz CT molecular complexity index is 781. The number of nitrogens with zero attached hydrogens (tertiary/aromatic N) is 3. The van der Waals surface area contributed by atoms with Crippen molar-refractivity contribution in [1.82, 2.24) is 19.9 Å².